The molecule has 2 N–H and O–H groups in total. The van der Waals surface area contributed by atoms with E-state index in [0.29, 0.717) is 23.8 Å². The van der Waals surface area contributed by atoms with Crippen LogP contribution in [0.15, 0.2) is 6.20 Å². The highest BCUT2D eigenvalue weighted by molar-refractivity contribution is 7.71. The number of imidazole rings is 1. The van der Waals surface area contributed by atoms with Gasteiger partial charge in [0, 0.05) is 25.5 Å². The number of aromatic amines is 1. The average molecular weight is 257 g/mol. The fraction of sp³-hybridized carbons (Fsp3) is 0.636. The predicted octanol–water partition coefficient (Wildman–Crippen LogP) is 1.43. The first-order valence-corrected chi connectivity index (χ1v) is 6.00. The second-order valence-corrected chi connectivity index (χ2v) is 4.49. The van der Waals surface area contributed by atoms with Gasteiger partial charge in [-0.2, -0.15) is 0 Å². The van der Waals surface area contributed by atoms with Crippen LogP contribution in [0.1, 0.15) is 25.5 Å². The monoisotopic (exact) mass is 257 g/mol. The normalized spacial score (nSPS) is 10.8. The van der Waals surface area contributed by atoms with Gasteiger partial charge in [0.05, 0.1) is 6.61 Å². The van der Waals surface area contributed by atoms with Crippen LogP contribution in [-0.4, -0.2) is 35.7 Å². The zero-order chi connectivity index (χ0) is 12.8. The van der Waals surface area contributed by atoms with Gasteiger partial charge in [0.1, 0.15) is 6.54 Å². The van der Waals surface area contributed by atoms with Gasteiger partial charge in [-0.15, -0.1) is 0 Å². The van der Waals surface area contributed by atoms with Gasteiger partial charge in [-0.1, -0.05) is 13.8 Å². The number of nitrogens with zero attached hydrogens (tertiary/aromatic N) is 1. The molecular formula is C11H19N3O2S. The Kier molecular flexibility index (Phi) is 5.37. The molecule has 0 saturated carbocycles. The van der Waals surface area contributed by atoms with Gasteiger partial charge in [0.2, 0.25) is 5.91 Å². The Morgan fingerprint density at radius 2 is 2.35 bits per heavy atom. The highest BCUT2D eigenvalue weighted by Gasteiger charge is 2.10. The van der Waals surface area contributed by atoms with E-state index in [9.17, 15) is 4.79 Å². The van der Waals surface area contributed by atoms with E-state index in [4.69, 9.17) is 17.0 Å². The number of carbonyl (C=O) groups excluding carboxylic acids is 1. The van der Waals surface area contributed by atoms with Crippen LogP contribution in [0.5, 0.6) is 0 Å². The first kappa shape index (κ1) is 13.9. The van der Waals surface area contributed by atoms with Crippen molar-refractivity contribution in [1.82, 2.24) is 14.9 Å². The zero-order valence-electron chi connectivity index (χ0n) is 10.4. The van der Waals surface area contributed by atoms with Crippen LogP contribution in [0.3, 0.4) is 0 Å². The Labute approximate surface area is 106 Å². The molecular weight excluding hydrogens is 238 g/mol. The van der Waals surface area contributed by atoms with Crippen molar-refractivity contribution in [2.24, 2.45) is 0 Å². The minimum Gasteiger partial charge on any atom is -0.383 e. The van der Waals surface area contributed by atoms with Gasteiger partial charge in [0.15, 0.2) is 4.77 Å². The number of nitrogens with one attached hydrogen (secondary N) is 2. The third-order valence-electron chi connectivity index (χ3n) is 2.42. The Hall–Kier alpha value is -1.14. The van der Waals surface area contributed by atoms with E-state index in [2.05, 4.69) is 24.1 Å². The largest absolute Gasteiger partial charge is 0.383 e. The summed E-state index contributed by atoms with van der Waals surface area (Å²) in [4.78, 5) is 14.6. The number of hydrogen-bond donors (Lipinski definition) is 2. The molecule has 0 aliphatic heterocycles. The molecule has 0 aromatic carbocycles. The highest BCUT2D eigenvalue weighted by atomic mass is 32.1. The van der Waals surface area contributed by atoms with E-state index in [1.807, 2.05) is 10.8 Å². The first-order valence-electron chi connectivity index (χ1n) is 5.60. The second kappa shape index (κ2) is 6.56. The minimum atomic E-state index is -0.0559. The van der Waals surface area contributed by atoms with Crippen molar-refractivity contribution in [3.8, 4) is 0 Å². The van der Waals surface area contributed by atoms with Crippen molar-refractivity contribution < 1.29 is 9.53 Å². The summed E-state index contributed by atoms with van der Waals surface area (Å²) in [6, 6.07) is 0. The smallest absolute Gasteiger partial charge is 0.240 e. The number of H-pyrrole nitrogens is 1. The lowest BCUT2D eigenvalue weighted by Gasteiger charge is -2.11. The summed E-state index contributed by atoms with van der Waals surface area (Å²) in [5.41, 5.74) is 1.04. The van der Waals surface area contributed by atoms with Gasteiger partial charge >= 0.3 is 0 Å². The number of amides is 1. The molecule has 0 aliphatic rings. The number of ether oxygens (including phenoxy) is 1. The molecule has 0 spiro atoms. The maximum atomic E-state index is 11.7. The fourth-order valence-corrected chi connectivity index (χ4v) is 1.77. The summed E-state index contributed by atoms with van der Waals surface area (Å²) < 4.78 is 7.27. The molecule has 5 nitrogen and oxygen atoms in total. The van der Waals surface area contributed by atoms with E-state index in [1.54, 1.807) is 7.11 Å². The molecule has 0 bridgehead atoms. The Balaban J connectivity index is 2.64. The van der Waals surface area contributed by atoms with Gasteiger partial charge in [-0.25, -0.2) is 0 Å². The van der Waals surface area contributed by atoms with Crippen molar-refractivity contribution in [2.75, 3.05) is 20.3 Å². The maximum absolute atomic E-state index is 11.7. The summed E-state index contributed by atoms with van der Waals surface area (Å²) in [5, 5.41) is 2.77. The fourth-order valence-electron chi connectivity index (χ4n) is 1.54. The van der Waals surface area contributed by atoms with E-state index >= 15 is 0 Å². The number of carbonyl (C=O) groups is 1. The number of methoxy groups -OCH3 is 1. The molecule has 1 heterocycles. The van der Waals surface area contributed by atoms with Crippen LogP contribution in [0.2, 0.25) is 0 Å². The number of aromatic nitrogens is 2. The van der Waals surface area contributed by atoms with Crippen LogP contribution in [-0.2, 0) is 16.1 Å². The number of hydrogen-bond acceptors (Lipinski definition) is 3. The molecule has 0 atom stereocenters. The molecule has 1 aromatic heterocycles. The lowest BCUT2D eigenvalue weighted by molar-refractivity contribution is -0.121. The van der Waals surface area contributed by atoms with Crippen molar-refractivity contribution >= 4 is 18.1 Å². The van der Waals surface area contributed by atoms with Crippen LogP contribution in [0.25, 0.3) is 0 Å². The van der Waals surface area contributed by atoms with Crippen molar-refractivity contribution in [1.29, 1.82) is 0 Å². The second-order valence-electron chi connectivity index (χ2n) is 4.10. The van der Waals surface area contributed by atoms with Crippen LogP contribution >= 0.6 is 12.2 Å². The quantitative estimate of drug-likeness (QED) is 0.599. The predicted molar refractivity (Wildman–Crippen MR) is 68.6 cm³/mol. The van der Waals surface area contributed by atoms with Crippen molar-refractivity contribution in [3.05, 3.63) is 16.7 Å². The van der Waals surface area contributed by atoms with Crippen LogP contribution in [0, 0.1) is 4.77 Å². The third kappa shape index (κ3) is 3.98. The average Bonchev–Trinajstić information content (AvgIpc) is 2.61. The SMILES string of the molecule is COCCNC(=O)Cn1c(C(C)C)c[nH]c1=S. The molecule has 0 aliphatic carbocycles. The molecule has 1 rings (SSSR count). The summed E-state index contributed by atoms with van der Waals surface area (Å²) in [6.07, 6.45) is 1.86. The van der Waals surface area contributed by atoms with Crippen LogP contribution in [0.4, 0.5) is 0 Å². The Morgan fingerprint density at radius 1 is 1.65 bits per heavy atom. The van der Waals surface area contributed by atoms with E-state index in [0.717, 1.165) is 5.69 Å². The van der Waals surface area contributed by atoms with E-state index in [-0.39, 0.29) is 12.5 Å². The maximum Gasteiger partial charge on any atom is 0.240 e. The van der Waals surface area contributed by atoms with Crippen molar-refractivity contribution in [3.63, 3.8) is 0 Å². The zero-order valence-corrected chi connectivity index (χ0v) is 11.3. The number of rotatable bonds is 6. The molecule has 0 fully saturated rings. The molecule has 1 aromatic rings. The lowest BCUT2D eigenvalue weighted by Crippen LogP contribution is -2.30. The topological polar surface area (TPSA) is 59.0 Å². The lowest BCUT2D eigenvalue weighted by atomic mass is 10.1. The molecule has 17 heavy (non-hydrogen) atoms. The van der Waals surface area contributed by atoms with Crippen molar-refractivity contribution in [2.45, 2.75) is 26.3 Å². The van der Waals surface area contributed by atoms with Gasteiger partial charge < -0.3 is 19.6 Å². The minimum absolute atomic E-state index is 0.0559. The van der Waals surface area contributed by atoms with Crippen LogP contribution < -0.4 is 5.32 Å². The highest BCUT2D eigenvalue weighted by Crippen LogP contribution is 2.14. The summed E-state index contributed by atoms with van der Waals surface area (Å²) in [5.74, 6) is 0.273. The molecule has 6 heteroatoms. The summed E-state index contributed by atoms with van der Waals surface area (Å²) in [7, 11) is 1.60. The summed E-state index contributed by atoms with van der Waals surface area (Å²) in [6.45, 7) is 5.42. The molecule has 0 unspecified atom stereocenters. The van der Waals surface area contributed by atoms with E-state index in [1.165, 1.54) is 0 Å². The third-order valence-corrected chi connectivity index (χ3v) is 2.76. The van der Waals surface area contributed by atoms with Gasteiger partial charge in [0.25, 0.3) is 0 Å². The molecule has 1 amide bonds. The molecule has 0 radical (unpaired) electrons. The summed E-state index contributed by atoms with van der Waals surface area (Å²) >= 11 is 5.15. The first-order chi connectivity index (χ1) is 8.06. The molecule has 0 saturated heterocycles. The van der Waals surface area contributed by atoms with E-state index < -0.39 is 0 Å². The standard InChI is InChI=1S/C11H19N3O2S/c1-8(2)9-6-13-11(17)14(9)7-10(15)12-4-5-16-3/h6,8H,4-5,7H2,1-3H3,(H,12,15)(H,13,17). The van der Waals surface area contributed by atoms with Gasteiger partial charge in [-0.05, 0) is 18.1 Å². The molecule has 96 valence electrons. The van der Waals surface area contributed by atoms with Gasteiger partial charge in [-0.3, -0.25) is 4.79 Å². The Bertz CT molecular complexity index is 423. The Morgan fingerprint density at radius 3 is 2.94 bits per heavy atom.